The number of rotatable bonds is 6. The van der Waals surface area contributed by atoms with E-state index in [1.807, 2.05) is 42.5 Å². The van der Waals surface area contributed by atoms with Crippen LogP contribution in [-0.4, -0.2) is 52.1 Å². The van der Waals surface area contributed by atoms with Gasteiger partial charge in [-0.1, -0.05) is 18.2 Å². The Kier molecular flexibility index (Phi) is 6.26. The number of piperidine rings is 1. The molecular weight excluding hydrogens is 394 g/mol. The largest absolute Gasteiger partial charge is 0.497 e. The van der Waals surface area contributed by atoms with Gasteiger partial charge in [-0.15, -0.1) is 0 Å². The molecule has 1 aromatic carbocycles. The zero-order valence-electron chi connectivity index (χ0n) is 17.4. The number of ether oxygens (including phenoxy) is 1. The quantitative estimate of drug-likeness (QED) is 0.640. The number of nitrogens with zero attached hydrogens (tertiary/aromatic N) is 3. The van der Waals surface area contributed by atoms with E-state index in [2.05, 4.69) is 20.5 Å². The molecule has 2 amide bonds. The van der Waals surface area contributed by atoms with Crippen molar-refractivity contribution in [3.8, 4) is 17.1 Å². The van der Waals surface area contributed by atoms with Gasteiger partial charge in [0.1, 0.15) is 17.1 Å². The minimum absolute atomic E-state index is 0.0221. The number of nitrogens with one attached hydrogen (secondary N) is 2. The van der Waals surface area contributed by atoms with Crippen molar-refractivity contribution in [2.45, 2.75) is 19.4 Å². The number of hydrogen-bond acceptors (Lipinski definition) is 5. The number of aromatic nitrogens is 3. The van der Waals surface area contributed by atoms with E-state index < -0.39 is 0 Å². The fourth-order valence-electron chi connectivity index (χ4n) is 3.71. The highest BCUT2D eigenvalue weighted by atomic mass is 16.5. The Hall–Kier alpha value is -3.68. The number of methoxy groups -OCH3 is 1. The molecule has 4 rings (SSSR count). The highest BCUT2D eigenvalue weighted by Crippen LogP contribution is 2.21. The number of pyridine rings is 1. The van der Waals surface area contributed by atoms with Crippen LogP contribution >= 0.6 is 0 Å². The first-order chi connectivity index (χ1) is 15.1. The summed E-state index contributed by atoms with van der Waals surface area (Å²) in [5, 5.41) is 10.0. The van der Waals surface area contributed by atoms with Crippen LogP contribution in [0.5, 0.6) is 5.75 Å². The predicted octanol–water partition coefficient (Wildman–Crippen LogP) is 2.65. The molecule has 3 aromatic rings. The zero-order chi connectivity index (χ0) is 21.6. The highest BCUT2D eigenvalue weighted by Gasteiger charge is 2.28. The molecule has 1 fully saturated rings. The lowest BCUT2D eigenvalue weighted by molar-refractivity contribution is -0.126. The van der Waals surface area contributed by atoms with Crippen LogP contribution in [0.1, 0.15) is 28.9 Å². The summed E-state index contributed by atoms with van der Waals surface area (Å²) in [5.74, 6) is 0.586. The third-order valence-corrected chi connectivity index (χ3v) is 5.49. The lowest BCUT2D eigenvalue weighted by atomic mass is 9.95. The second-order valence-electron chi connectivity index (χ2n) is 7.52. The van der Waals surface area contributed by atoms with Crippen LogP contribution in [0.3, 0.4) is 0 Å². The molecule has 160 valence electrons. The Labute approximate surface area is 180 Å². The van der Waals surface area contributed by atoms with Gasteiger partial charge in [0.05, 0.1) is 12.8 Å². The van der Waals surface area contributed by atoms with Gasteiger partial charge in [0, 0.05) is 31.7 Å². The number of hydrogen-bond donors (Lipinski definition) is 2. The van der Waals surface area contributed by atoms with E-state index in [4.69, 9.17) is 4.74 Å². The summed E-state index contributed by atoms with van der Waals surface area (Å²) in [7, 11) is 1.62. The molecule has 0 spiro atoms. The average Bonchev–Trinajstić information content (AvgIpc) is 3.33. The van der Waals surface area contributed by atoms with E-state index in [0.29, 0.717) is 49.6 Å². The highest BCUT2D eigenvalue weighted by molar-refractivity contribution is 5.93. The van der Waals surface area contributed by atoms with Crippen LogP contribution < -0.4 is 10.1 Å². The monoisotopic (exact) mass is 419 g/mol. The first kappa shape index (κ1) is 20.6. The molecule has 1 aliphatic heterocycles. The van der Waals surface area contributed by atoms with Gasteiger partial charge >= 0.3 is 0 Å². The van der Waals surface area contributed by atoms with Gasteiger partial charge in [0.15, 0.2) is 0 Å². The summed E-state index contributed by atoms with van der Waals surface area (Å²) in [4.78, 5) is 31.4. The molecule has 2 aromatic heterocycles. The van der Waals surface area contributed by atoms with Gasteiger partial charge in [-0.25, -0.2) is 0 Å². The predicted molar refractivity (Wildman–Crippen MR) is 115 cm³/mol. The van der Waals surface area contributed by atoms with E-state index >= 15 is 0 Å². The second-order valence-corrected chi connectivity index (χ2v) is 7.52. The van der Waals surface area contributed by atoms with Crippen molar-refractivity contribution >= 4 is 11.8 Å². The van der Waals surface area contributed by atoms with Crippen LogP contribution in [0.2, 0.25) is 0 Å². The molecule has 0 atom stereocenters. The van der Waals surface area contributed by atoms with Gasteiger partial charge in [-0.05, 0) is 48.7 Å². The molecule has 0 radical (unpaired) electrons. The molecule has 0 unspecified atom stereocenters. The Morgan fingerprint density at radius 3 is 2.71 bits per heavy atom. The Morgan fingerprint density at radius 1 is 1.13 bits per heavy atom. The normalized spacial score (nSPS) is 14.3. The van der Waals surface area contributed by atoms with Crippen molar-refractivity contribution < 1.29 is 14.3 Å². The molecule has 3 heterocycles. The maximum absolute atomic E-state index is 12.8. The van der Waals surface area contributed by atoms with Gasteiger partial charge in [-0.2, -0.15) is 5.10 Å². The van der Waals surface area contributed by atoms with E-state index in [9.17, 15) is 9.59 Å². The maximum atomic E-state index is 12.8. The fourth-order valence-corrected chi connectivity index (χ4v) is 3.71. The molecular formula is C23H25N5O3. The number of amides is 2. The fraction of sp³-hybridized carbons (Fsp3) is 0.304. The second kappa shape index (κ2) is 9.42. The van der Waals surface area contributed by atoms with Crippen LogP contribution in [0.25, 0.3) is 11.4 Å². The Balaban J connectivity index is 1.28. The molecule has 0 aliphatic carbocycles. The van der Waals surface area contributed by atoms with E-state index in [0.717, 1.165) is 11.3 Å². The molecule has 2 N–H and O–H groups in total. The van der Waals surface area contributed by atoms with Crippen LogP contribution in [0.4, 0.5) is 0 Å². The van der Waals surface area contributed by atoms with Gasteiger partial charge < -0.3 is 15.0 Å². The van der Waals surface area contributed by atoms with Gasteiger partial charge in [0.25, 0.3) is 5.91 Å². The molecule has 1 aliphatic rings. The number of carbonyl (C=O) groups is 2. The van der Waals surface area contributed by atoms with Crippen molar-refractivity contribution in [3.05, 3.63) is 66.0 Å². The molecule has 8 heteroatoms. The van der Waals surface area contributed by atoms with Crippen molar-refractivity contribution in [3.63, 3.8) is 0 Å². The minimum Gasteiger partial charge on any atom is -0.497 e. The lowest BCUT2D eigenvalue weighted by Crippen LogP contribution is -2.43. The Bertz CT molecular complexity index is 1040. The molecule has 0 saturated carbocycles. The van der Waals surface area contributed by atoms with Crippen LogP contribution in [0, 0.1) is 5.92 Å². The number of carbonyl (C=O) groups excluding carboxylic acids is 2. The molecule has 8 nitrogen and oxygen atoms in total. The first-order valence-electron chi connectivity index (χ1n) is 10.3. The number of benzene rings is 1. The lowest BCUT2D eigenvalue weighted by Gasteiger charge is -2.31. The average molecular weight is 419 g/mol. The number of aromatic amines is 1. The van der Waals surface area contributed by atoms with Crippen LogP contribution in [-0.2, 0) is 11.3 Å². The Morgan fingerprint density at radius 2 is 1.97 bits per heavy atom. The summed E-state index contributed by atoms with van der Waals surface area (Å²) >= 11 is 0. The van der Waals surface area contributed by atoms with Crippen molar-refractivity contribution in [1.82, 2.24) is 25.4 Å². The smallest absolute Gasteiger partial charge is 0.271 e. The third-order valence-electron chi connectivity index (χ3n) is 5.49. The summed E-state index contributed by atoms with van der Waals surface area (Å²) < 4.78 is 5.21. The van der Waals surface area contributed by atoms with E-state index in [1.54, 1.807) is 24.3 Å². The topological polar surface area (TPSA) is 100 Å². The zero-order valence-corrected chi connectivity index (χ0v) is 17.4. The summed E-state index contributed by atoms with van der Waals surface area (Å²) in [6.45, 7) is 1.53. The summed E-state index contributed by atoms with van der Waals surface area (Å²) in [6, 6.07) is 14.9. The van der Waals surface area contributed by atoms with Gasteiger partial charge in [-0.3, -0.25) is 19.7 Å². The minimum atomic E-state index is -0.107. The SMILES string of the molecule is COc1cccc(CNC(=O)C2CCN(C(=O)c3cc(-c4ccccn4)n[nH]3)CC2)c1. The molecule has 0 bridgehead atoms. The van der Waals surface area contributed by atoms with Crippen molar-refractivity contribution in [2.75, 3.05) is 20.2 Å². The van der Waals surface area contributed by atoms with E-state index in [-0.39, 0.29) is 17.7 Å². The number of H-pyrrole nitrogens is 1. The first-order valence-corrected chi connectivity index (χ1v) is 10.3. The summed E-state index contributed by atoms with van der Waals surface area (Å²) in [5.41, 5.74) is 2.77. The van der Waals surface area contributed by atoms with Crippen LogP contribution in [0.15, 0.2) is 54.7 Å². The number of likely N-dealkylation sites (tertiary alicyclic amines) is 1. The van der Waals surface area contributed by atoms with Crippen molar-refractivity contribution in [2.24, 2.45) is 5.92 Å². The summed E-state index contributed by atoms with van der Waals surface area (Å²) in [6.07, 6.45) is 2.96. The van der Waals surface area contributed by atoms with Crippen molar-refractivity contribution in [1.29, 1.82) is 0 Å². The standard InChI is InChI=1S/C23H25N5O3/c1-31-18-6-4-5-16(13-18)15-25-22(29)17-8-11-28(12-9-17)23(30)21-14-20(26-27-21)19-7-2-3-10-24-19/h2-7,10,13-14,17H,8-9,11-12,15H2,1H3,(H,25,29)(H,26,27). The maximum Gasteiger partial charge on any atom is 0.271 e. The molecule has 1 saturated heterocycles. The van der Waals surface area contributed by atoms with Gasteiger partial charge in [0.2, 0.25) is 5.91 Å². The van der Waals surface area contributed by atoms with E-state index in [1.165, 1.54) is 0 Å². The molecule has 31 heavy (non-hydrogen) atoms. The third kappa shape index (κ3) is 4.91.